The fraction of sp³-hybridized carbons (Fsp3) is 0.500. The topological polar surface area (TPSA) is 3.24 Å². The highest BCUT2D eigenvalue weighted by Crippen LogP contribution is 2.18. The lowest BCUT2D eigenvalue weighted by atomic mass is 10.1. The molecule has 0 bridgehead atoms. The summed E-state index contributed by atoms with van der Waals surface area (Å²) >= 11 is 0. The lowest BCUT2D eigenvalue weighted by molar-refractivity contribution is 0.248. The maximum absolute atomic E-state index is 2.60. The highest BCUT2D eigenvalue weighted by atomic mass is 15.1. The Kier molecular flexibility index (Phi) is 4.81. The van der Waals surface area contributed by atoms with Crippen LogP contribution in [0.1, 0.15) is 38.2 Å². The number of hydrogen-bond donors (Lipinski definition) is 0. The van der Waals surface area contributed by atoms with E-state index in [9.17, 15) is 0 Å². The maximum Gasteiger partial charge on any atom is 0.0281 e. The van der Waals surface area contributed by atoms with Crippen LogP contribution < -0.4 is 0 Å². The molecule has 0 saturated carbocycles. The Morgan fingerprint density at radius 3 is 2.76 bits per heavy atom. The van der Waals surface area contributed by atoms with Gasteiger partial charge >= 0.3 is 0 Å². The molecule has 0 N–H and O–H groups in total. The average molecular weight is 229 g/mol. The van der Waals surface area contributed by atoms with Gasteiger partial charge in [-0.3, -0.25) is 4.90 Å². The molecule has 1 unspecified atom stereocenters. The molecule has 1 saturated heterocycles. The van der Waals surface area contributed by atoms with Crippen molar-refractivity contribution in [1.29, 1.82) is 0 Å². The Bertz CT molecular complexity index is 342. The van der Waals surface area contributed by atoms with Crippen molar-refractivity contribution < 1.29 is 0 Å². The van der Waals surface area contributed by atoms with Crippen LogP contribution in [0.5, 0.6) is 0 Å². The lowest BCUT2D eigenvalue weighted by Gasteiger charge is -2.25. The minimum Gasteiger partial charge on any atom is -0.297 e. The van der Waals surface area contributed by atoms with Gasteiger partial charge in [-0.05, 0) is 31.5 Å². The lowest BCUT2D eigenvalue weighted by Crippen LogP contribution is -2.33. The third-order valence-corrected chi connectivity index (χ3v) is 3.63. The summed E-state index contributed by atoms with van der Waals surface area (Å²) in [5.74, 6) is 0. The summed E-state index contributed by atoms with van der Waals surface area (Å²) < 4.78 is 0. The van der Waals surface area contributed by atoms with Gasteiger partial charge in [0.25, 0.3) is 0 Å². The molecule has 1 heterocycles. The van der Waals surface area contributed by atoms with Gasteiger partial charge in [0, 0.05) is 6.04 Å². The maximum atomic E-state index is 2.60. The van der Waals surface area contributed by atoms with Crippen LogP contribution in [0.4, 0.5) is 0 Å². The molecular formula is C16H23N. The van der Waals surface area contributed by atoms with E-state index >= 15 is 0 Å². The standard InChI is InChI=1S/C16H23N/c1-2-17-14-8-4-7-11-16(17)13-12-15-9-5-3-6-10-15/h3,5-6,9-10,12-13,16H,2,4,7-8,11,14H2,1H3/b13-12+. The smallest absolute Gasteiger partial charge is 0.0281 e. The van der Waals surface area contributed by atoms with Crippen LogP contribution in [-0.2, 0) is 0 Å². The molecule has 0 amide bonds. The van der Waals surface area contributed by atoms with Crippen molar-refractivity contribution in [3.8, 4) is 0 Å². The van der Waals surface area contributed by atoms with E-state index in [0.29, 0.717) is 6.04 Å². The Labute approximate surface area is 105 Å². The second-order valence-corrected chi connectivity index (χ2v) is 4.82. The highest BCUT2D eigenvalue weighted by molar-refractivity contribution is 5.49. The number of rotatable bonds is 3. The van der Waals surface area contributed by atoms with E-state index in [1.54, 1.807) is 0 Å². The van der Waals surface area contributed by atoms with Gasteiger partial charge in [-0.25, -0.2) is 0 Å². The summed E-state index contributed by atoms with van der Waals surface area (Å²) in [4.78, 5) is 2.60. The zero-order chi connectivity index (χ0) is 11.9. The summed E-state index contributed by atoms with van der Waals surface area (Å²) in [6.07, 6.45) is 10.1. The van der Waals surface area contributed by atoms with Crippen molar-refractivity contribution in [3.63, 3.8) is 0 Å². The van der Waals surface area contributed by atoms with E-state index in [-0.39, 0.29) is 0 Å². The molecule has 1 aromatic carbocycles. The van der Waals surface area contributed by atoms with Gasteiger partial charge in [0.05, 0.1) is 0 Å². The summed E-state index contributed by atoms with van der Waals surface area (Å²) in [7, 11) is 0. The number of hydrogen-bond acceptors (Lipinski definition) is 1. The van der Waals surface area contributed by atoms with Crippen LogP contribution in [0.15, 0.2) is 36.4 Å². The minimum absolute atomic E-state index is 0.641. The van der Waals surface area contributed by atoms with Gasteiger partial charge < -0.3 is 0 Å². The van der Waals surface area contributed by atoms with Crippen molar-refractivity contribution in [3.05, 3.63) is 42.0 Å². The monoisotopic (exact) mass is 229 g/mol. The Morgan fingerprint density at radius 1 is 1.18 bits per heavy atom. The molecule has 2 rings (SSSR count). The van der Waals surface area contributed by atoms with E-state index in [0.717, 1.165) is 0 Å². The zero-order valence-electron chi connectivity index (χ0n) is 10.8. The predicted octanol–water partition coefficient (Wildman–Crippen LogP) is 3.96. The molecular weight excluding hydrogens is 206 g/mol. The fourth-order valence-electron chi connectivity index (χ4n) is 2.59. The van der Waals surface area contributed by atoms with Crippen molar-refractivity contribution in [2.75, 3.05) is 13.1 Å². The molecule has 1 aliphatic rings. The van der Waals surface area contributed by atoms with E-state index in [2.05, 4.69) is 54.3 Å². The van der Waals surface area contributed by atoms with E-state index in [4.69, 9.17) is 0 Å². The minimum atomic E-state index is 0.641. The largest absolute Gasteiger partial charge is 0.297 e. The molecule has 1 heteroatoms. The summed E-state index contributed by atoms with van der Waals surface area (Å²) in [6.45, 7) is 4.71. The molecule has 0 aliphatic carbocycles. The molecule has 1 atom stereocenters. The average Bonchev–Trinajstić information content (AvgIpc) is 2.62. The number of likely N-dealkylation sites (N-methyl/N-ethyl adjacent to an activating group) is 1. The molecule has 1 aliphatic heterocycles. The zero-order valence-corrected chi connectivity index (χ0v) is 10.8. The van der Waals surface area contributed by atoms with Crippen LogP contribution >= 0.6 is 0 Å². The van der Waals surface area contributed by atoms with Gasteiger partial charge in [0.2, 0.25) is 0 Å². The highest BCUT2D eigenvalue weighted by Gasteiger charge is 2.16. The first-order chi connectivity index (χ1) is 8.40. The van der Waals surface area contributed by atoms with Crippen LogP contribution in [0.25, 0.3) is 6.08 Å². The Morgan fingerprint density at radius 2 is 2.00 bits per heavy atom. The number of benzene rings is 1. The molecule has 0 radical (unpaired) electrons. The predicted molar refractivity (Wildman–Crippen MR) is 75.0 cm³/mol. The van der Waals surface area contributed by atoms with Gasteiger partial charge in [-0.15, -0.1) is 0 Å². The van der Waals surface area contributed by atoms with Crippen molar-refractivity contribution in [1.82, 2.24) is 4.90 Å². The fourth-order valence-corrected chi connectivity index (χ4v) is 2.59. The quantitative estimate of drug-likeness (QED) is 0.758. The molecule has 1 aromatic rings. The molecule has 92 valence electrons. The van der Waals surface area contributed by atoms with Crippen molar-refractivity contribution >= 4 is 6.08 Å². The second kappa shape index (κ2) is 6.61. The van der Waals surface area contributed by atoms with E-state index in [1.807, 2.05) is 0 Å². The first kappa shape index (κ1) is 12.4. The van der Waals surface area contributed by atoms with Crippen LogP contribution in [0.2, 0.25) is 0 Å². The van der Waals surface area contributed by atoms with Crippen molar-refractivity contribution in [2.45, 2.75) is 38.6 Å². The third kappa shape index (κ3) is 3.71. The molecule has 0 spiro atoms. The Balaban J connectivity index is 2.02. The summed E-state index contributed by atoms with van der Waals surface area (Å²) in [5.41, 5.74) is 1.31. The number of nitrogens with zero attached hydrogens (tertiary/aromatic N) is 1. The number of likely N-dealkylation sites (tertiary alicyclic amines) is 1. The second-order valence-electron chi connectivity index (χ2n) is 4.82. The van der Waals surface area contributed by atoms with E-state index < -0.39 is 0 Å². The molecule has 1 fully saturated rings. The normalized spacial score (nSPS) is 22.8. The molecule has 0 aromatic heterocycles. The Hall–Kier alpha value is -1.08. The molecule has 1 nitrogen and oxygen atoms in total. The van der Waals surface area contributed by atoms with E-state index in [1.165, 1.54) is 44.3 Å². The van der Waals surface area contributed by atoms with Gasteiger partial charge in [-0.1, -0.05) is 62.2 Å². The summed E-state index contributed by atoms with van der Waals surface area (Å²) in [6, 6.07) is 11.3. The first-order valence-electron chi connectivity index (χ1n) is 6.87. The van der Waals surface area contributed by atoms with Crippen LogP contribution in [0, 0.1) is 0 Å². The van der Waals surface area contributed by atoms with Crippen LogP contribution in [-0.4, -0.2) is 24.0 Å². The first-order valence-corrected chi connectivity index (χ1v) is 6.87. The van der Waals surface area contributed by atoms with Crippen molar-refractivity contribution in [2.24, 2.45) is 0 Å². The molecule has 17 heavy (non-hydrogen) atoms. The SMILES string of the molecule is CCN1CCCCCC1/C=C/c1ccccc1. The van der Waals surface area contributed by atoms with Gasteiger partial charge in [0.15, 0.2) is 0 Å². The third-order valence-electron chi connectivity index (χ3n) is 3.63. The van der Waals surface area contributed by atoms with Gasteiger partial charge in [-0.2, -0.15) is 0 Å². The van der Waals surface area contributed by atoms with Gasteiger partial charge in [0.1, 0.15) is 0 Å². The van der Waals surface area contributed by atoms with Crippen LogP contribution in [0.3, 0.4) is 0 Å². The summed E-state index contributed by atoms with van der Waals surface area (Å²) in [5, 5.41) is 0.